The molecular formula is C14H16N3O4-. The van der Waals surface area contributed by atoms with Crippen LogP contribution in [0.1, 0.15) is 18.0 Å². The molecule has 1 N–H and O–H groups in total. The van der Waals surface area contributed by atoms with Crippen LogP contribution >= 0.6 is 0 Å². The van der Waals surface area contributed by atoms with Crippen LogP contribution in [0.25, 0.3) is 0 Å². The van der Waals surface area contributed by atoms with Crippen LogP contribution < -0.4 is 16.0 Å². The first-order valence-corrected chi connectivity index (χ1v) is 6.97. The van der Waals surface area contributed by atoms with Gasteiger partial charge >= 0.3 is 6.03 Å². The van der Waals surface area contributed by atoms with Gasteiger partial charge in [0, 0.05) is 37.3 Å². The van der Waals surface area contributed by atoms with Crippen molar-refractivity contribution in [3.63, 3.8) is 0 Å². The molecule has 0 radical (unpaired) electrons. The van der Waals surface area contributed by atoms with Gasteiger partial charge in [-0.1, -0.05) is 6.07 Å². The fourth-order valence-electron chi connectivity index (χ4n) is 3.32. The number of likely N-dealkylation sites (tertiary alicyclic amines) is 1. The number of carbonyl (C=O) groups excluding carboxylic acids is 2. The monoisotopic (exact) mass is 290 g/mol. The first-order valence-electron chi connectivity index (χ1n) is 6.97. The van der Waals surface area contributed by atoms with Gasteiger partial charge in [-0.15, -0.1) is 0 Å². The predicted molar refractivity (Wildman–Crippen MR) is 71.5 cm³/mol. The second-order valence-electron chi connectivity index (χ2n) is 5.63. The molecule has 3 heterocycles. The van der Waals surface area contributed by atoms with Crippen LogP contribution in [0.4, 0.5) is 4.79 Å². The first kappa shape index (κ1) is 13.7. The molecule has 112 valence electrons. The highest BCUT2D eigenvalue weighted by Gasteiger charge is 2.36. The molecule has 0 unspecified atom stereocenters. The summed E-state index contributed by atoms with van der Waals surface area (Å²) in [6.45, 7) is 1.16. The molecule has 2 aliphatic rings. The Hall–Kier alpha value is -2.31. The Morgan fingerprint density at radius 3 is 2.86 bits per heavy atom. The van der Waals surface area contributed by atoms with Gasteiger partial charge in [0.2, 0.25) is 0 Å². The van der Waals surface area contributed by atoms with Gasteiger partial charge in [0.15, 0.2) is 0 Å². The zero-order chi connectivity index (χ0) is 15.0. The third-order valence-corrected chi connectivity index (χ3v) is 4.15. The van der Waals surface area contributed by atoms with E-state index in [0.29, 0.717) is 19.6 Å². The summed E-state index contributed by atoms with van der Waals surface area (Å²) >= 11 is 0. The van der Waals surface area contributed by atoms with E-state index < -0.39 is 12.5 Å². The van der Waals surface area contributed by atoms with Gasteiger partial charge in [-0.2, -0.15) is 0 Å². The van der Waals surface area contributed by atoms with Gasteiger partial charge in [-0.25, -0.2) is 4.79 Å². The lowest BCUT2D eigenvalue weighted by Crippen LogP contribution is -2.53. The number of piperidine rings is 1. The quantitative estimate of drug-likeness (QED) is 0.734. The number of pyridine rings is 1. The Kier molecular flexibility index (Phi) is 3.40. The number of hydrogen-bond acceptors (Lipinski definition) is 4. The number of aliphatic carboxylic acids is 1. The second-order valence-corrected chi connectivity index (χ2v) is 5.63. The molecule has 3 rings (SSSR count). The van der Waals surface area contributed by atoms with Crippen molar-refractivity contribution in [2.24, 2.45) is 5.92 Å². The molecule has 0 aliphatic carbocycles. The molecule has 21 heavy (non-hydrogen) atoms. The van der Waals surface area contributed by atoms with E-state index in [1.54, 1.807) is 21.6 Å². The highest BCUT2D eigenvalue weighted by Crippen LogP contribution is 2.34. The molecule has 2 atom stereocenters. The molecule has 7 heteroatoms. The van der Waals surface area contributed by atoms with E-state index in [0.717, 1.165) is 12.1 Å². The van der Waals surface area contributed by atoms with E-state index in [1.165, 1.54) is 0 Å². The summed E-state index contributed by atoms with van der Waals surface area (Å²) in [5.74, 6) is -0.956. The molecule has 1 fully saturated rings. The molecule has 0 aromatic carbocycles. The van der Waals surface area contributed by atoms with Gasteiger partial charge in [0.05, 0.1) is 12.5 Å². The van der Waals surface area contributed by atoms with E-state index in [1.807, 2.05) is 6.07 Å². The highest BCUT2D eigenvalue weighted by molar-refractivity contribution is 5.79. The molecule has 1 aromatic rings. The van der Waals surface area contributed by atoms with E-state index in [-0.39, 0.29) is 23.4 Å². The number of rotatable bonds is 2. The second kappa shape index (κ2) is 5.23. The van der Waals surface area contributed by atoms with Crippen LogP contribution in [0.2, 0.25) is 0 Å². The van der Waals surface area contributed by atoms with E-state index in [4.69, 9.17) is 0 Å². The molecule has 2 amide bonds. The largest absolute Gasteiger partial charge is 0.548 e. The molecule has 2 bridgehead atoms. The van der Waals surface area contributed by atoms with Crippen molar-refractivity contribution in [3.8, 4) is 0 Å². The van der Waals surface area contributed by atoms with E-state index in [9.17, 15) is 19.5 Å². The Bertz CT molecular complexity index is 639. The lowest BCUT2D eigenvalue weighted by Gasteiger charge is -2.42. The van der Waals surface area contributed by atoms with Gasteiger partial charge in [-0.3, -0.25) is 4.79 Å². The number of nitrogens with one attached hydrogen (secondary N) is 1. The van der Waals surface area contributed by atoms with Gasteiger partial charge in [0.25, 0.3) is 5.56 Å². The van der Waals surface area contributed by atoms with Crippen molar-refractivity contribution in [2.75, 3.05) is 19.6 Å². The molecule has 2 aliphatic heterocycles. The zero-order valence-corrected chi connectivity index (χ0v) is 11.4. The van der Waals surface area contributed by atoms with Crippen LogP contribution in [0.15, 0.2) is 23.0 Å². The number of fused-ring (bicyclic) bond motifs is 4. The Balaban J connectivity index is 1.77. The van der Waals surface area contributed by atoms with E-state index >= 15 is 0 Å². The molecule has 0 spiro atoms. The third kappa shape index (κ3) is 2.63. The topological polar surface area (TPSA) is 94.5 Å². The molecular weight excluding hydrogens is 274 g/mol. The number of urea groups is 1. The fraction of sp³-hybridized carbons (Fsp3) is 0.500. The van der Waals surface area contributed by atoms with Crippen molar-refractivity contribution in [3.05, 3.63) is 34.2 Å². The molecule has 0 saturated carbocycles. The minimum Gasteiger partial charge on any atom is -0.548 e. The summed E-state index contributed by atoms with van der Waals surface area (Å²) in [7, 11) is 0. The number of hydrogen-bond donors (Lipinski definition) is 1. The van der Waals surface area contributed by atoms with Crippen LogP contribution in [0.3, 0.4) is 0 Å². The SMILES string of the molecule is O=C([O-])CNC(=O)N1C[C@H]2C[C@@H](C1)c1cccc(=O)n1C2. The van der Waals surface area contributed by atoms with Gasteiger partial charge in [0.1, 0.15) is 0 Å². The summed E-state index contributed by atoms with van der Waals surface area (Å²) in [5.41, 5.74) is 0.952. The Labute approximate surface area is 121 Å². The summed E-state index contributed by atoms with van der Waals surface area (Å²) in [6.07, 6.45) is 0.952. The standard InChI is InChI=1S/C14H17N3O4/c18-12-3-1-2-11-10-4-9(7-17(11)12)6-16(8-10)14(21)15-5-13(19)20/h1-3,9-10H,4-8H2,(H,15,21)(H,19,20)/p-1/t9-,10+/m1/s1. The van der Waals surface area contributed by atoms with Crippen molar-refractivity contribution in [1.82, 2.24) is 14.8 Å². The Morgan fingerprint density at radius 2 is 2.10 bits per heavy atom. The average molecular weight is 290 g/mol. The smallest absolute Gasteiger partial charge is 0.317 e. The van der Waals surface area contributed by atoms with Crippen molar-refractivity contribution in [1.29, 1.82) is 0 Å². The fourth-order valence-corrected chi connectivity index (χ4v) is 3.32. The normalized spacial score (nSPS) is 23.3. The average Bonchev–Trinajstić information content (AvgIpc) is 2.45. The van der Waals surface area contributed by atoms with Crippen LogP contribution in [0, 0.1) is 5.92 Å². The minimum absolute atomic E-state index is 0.00273. The summed E-state index contributed by atoms with van der Waals surface area (Å²) < 4.78 is 1.79. The van der Waals surface area contributed by atoms with E-state index in [2.05, 4.69) is 5.32 Å². The molecule has 1 aromatic heterocycles. The summed E-state index contributed by atoms with van der Waals surface area (Å²) in [4.78, 5) is 35.9. The number of carbonyl (C=O) groups is 2. The number of nitrogens with zero attached hydrogens (tertiary/aromatic N) is 2. The predicted octanol–water partition coefficient (Wildman–Crippen LogP) is -1.27. The maximum Gasteiger partial charge on any atom is 0.317 e. The highest BCUT2D eigenvalue weighted by atomic mass is 16.4. The van der Waals surface area contributed by atoms with Crippen LogP contribution in [-0.4, -0.2) is 41.1 Å². The minimum atomic E-state index is -1.31. The molecule has 1 saturated heterocycles. The number of aromatic nitrogens is 1. The lowest BCUT2D eigenvalue weighted by atomic mass is 9.83. The van der Waals surface area contributed by atoms with Crippen LogP contribution in [0.5, 0.6) is 0 Å². The number of carboxylic acid groups (broad SMARTS) is 1. The Morgan fingerprint density at radius 1 is 1.29 bits per heavy atom. The lowest BCUT2D eigenvalue weighted by molar-refractivity contribution is -0.303. The van der Waals surface area contributed by atoms with Crippen molar-refractivity contribution in [2.45, 2.75) is 18.9 Å². The van der Waals surface area contributed by atoms with Gasteiger partial charge < -0.3 is 24.7 Å². The maximum absolute atomic E-state index is 12.0. The molecule has 7 nitrogen and oxygen atoms in total. The van der Waals surface area contributed by atoms with Gasteiger partial charge in [-0.05, 0) is 18.4 Å². The van der Waals surface area contributed by atoms with Crippen molar-refractivity contribution >= 4 is 12.0 Å². The maximum atomic E-state index is 12.0. The first-order chi connectivity index (χ1) is 10.0. The summed E-state index contributed by atoms with van der Waals surface area (Å²) in [5, 5.41) is 12.7. The van der Waals surface area contributed by atoms with Crippen molar-refractivity contribution < 1.29 is 14.7 Å². The summed E-state index contributed by atoms with van der Waals surface area (Å²) in [6, 6.07) is 4.82. The third-order valence-electron chi connectivity index (χ3n) is 4.15. The number of amides is 2. The zero-order valence-electron chi connectivity index (χ0n) is 11.4. The van der Waals surface area contributed by atoms with Crippen LogP contribution in [-0.2, 0) is 11.3 Å². The number of carboxylic acids is 1.